The van der Waals surface area contributed by atoms with E-state index in [9.17, 15) is 0 Å². The van der Waals surface area contributed by atoms with Crippen LogP contribution in [-0.2, 0) is 0 Å². The third-order valence-electron chi connectivity index (χ3n) is 3.06. The van der Waals surface area contributed by atoms with Crippen molar-refractivity contribution in [1.82, 2.24) is 4.90 Å². The van der Waals surface area contributed by atoms with E-state index in [4.69, 9.17) is 0 Å². The van der Waals surface area contributed by atoms with E-state index in [2.05, 4.69) is 25.7 Å². The predicted octanol–water partition coefficient (Wildman–Crippen LogP) is 3.15. The molecule has 0 aliphatic heterocycles. The molecule has 0 heterocycles. The van der Waals surface area contributed by atoms with E-state index in [1.807, 2.05) is 0 Å². The van der Waals surface area contributed by atoms with Crippen molar-refractivity contribution in [2.24, 2.45) is 11.8 Å². The summed E-state index contributed by atoms with van der Waals surface area (Å²) in [7, 11) is 0. The van der Waals surface area contributed by atoms with E-state index in [0.29, 0.717) is 0 Å². The topological polar surface area (TPSA) is 3.24 Å². The van der Waals surface area contributed by atoms with Gasteiger partial charge in [-0.1, -0.05) is 33.6 Å². The quantitative estimate of drug-likeness (QED) is 0.633. The molecule has 0 N–H and O–H groups in total. The molecule has 0 aromatic rings. The van der Waals surface area contributed by atoms with Gasteiger partial charge in [-0.15, -0.1) is 0 Å². The predicted molar refractivity (Wildman–Crippen MR) is 58.9 cm³/mol. The first kappa shape index (κ1) is 11.0. The van der Waals surface area contributed by atoms with Gasteiger partial charge in [-0.05, 0) is 31.2 Å². The molecule has 1 aliphatic rings. The second-order valence-electron chi connectivity index (χ2n) is 4.90. The minimum atomic E-state index is 0.821. The lowest BCUT2D eigenvalue weighted by Crippen LogP contribution is -2.31. The first-order chi connectivity index (χ1) is 6.22. The zero-order valence-electron chi connectivity index (χ0n) is 9.55. The van der Waals surface area contributed by atoms with Crippen LogP contribution in [0.4, 0.5) is 0 Å². The molecule has 0 amide bonds. The first-order valence-electron chi connectivity index (χ1n) is 5.94. The summed E-state index contributed by atoms with van der Waals surface area (Å²) < 4.78 is 0. The van der Waals surface area contributed by atoms with Crippen LogP contribution in [0.5, 0.6) is 0 Å². The van der Waals surface area contributed by atoms with Crippen LogP contribution < -0.4 is 0 Å². The summed E-state index contributed by atoms with van der Waals surface area (Å²) in [5.74, 6) is 1.83. The molecular weight excluding hydrogens is 158 g/mol. The fraction of sp³-hybridized carbons (Fsp3) is 1.00. The molecule has 1 rings (SSSR count). The highest BCUT2D eigenvalue weighted by Crippen LogP contribution is 2.25. The maximum Gasteiger partial charge on any atom is 0.000965 e. The summed E-state index contributed by atoms with van der Waals surface area (Å²) in [6.07, 6.45) is 5.91. The van der Waals surface area contributed by atoms with Crippen LogP contribution in [0.3, 0.4) is 0 Å². The van der Waals surface area contributed by atoms with Crippen molar-refractivity contribution in [2.45, 2.75) is 46.5 Å². The average Bonchev–Trinajstić information content (AvgIpc) is 2.55. The van der Waals surface area contributed by atoms with Crippen LogP contribution in [0.2, 0.25) is 0 Å². The first-order valence-corrected chi connectivity index (χ1v) is 5.94. The molecule has 1 saturated carbocycles. The van der Waals surface area contributed by atoms with E-state index in [1.165, 1.54) is 45.3 Å². The molecule has 0 aromatic carbocycles. The van der Waals surface area contributed by atoms with Crippen LogP contribution in [0.1, 0.15) is 46.5 Å². The fourth-order valence-corrected chi connectivity index (χ4v) is 2.41. The summed E-state index contributed by atoms with van der Waals surface area (Å²) >= 11 is 0. The molecule has 1 aliphatic carbocycles. The highest BCUT2D eigenvalue weighted by molar-refractivity contribution is 4.71. The molecule has 1 heteroatoms. The van der Waals surface area contributed by atoms with Crippen molar-refractivity contribution in [1.29, 1.82) is 0 Å². The standard InChI is InChI=1S/C12H25N/c1-4-13(9-11(2)3)10-12-7-5-6-8-12/h11-12H,4-10H2,1-3H3. The maximum absolute atomic E-state index is 2.63. The molecular formula is C12H25N. The van der Waals surface area contributed by atoms with E-state index in [0.717, 1.165) is 11.8 Å². The zero-order valence-corrected chi connectivity index (χ0v) is 9.55. The summed E-state index contributed by atoms with van der Waals surface area (Å²) in [6, 6.07) is 0. The number of nitrogens with zero attached hydrogens (tertiary/aromatic N) is 1. The molecule has 0 radical (unpaired) electrons. The highest BCUT2D eigenvalue weighted by atomic mass is 15.1. The Morgan fingerprint density at radius 3 is 2.31 bits per heavy atom. The van der Waals surface area contributed by atoms with Gasteiger partial charge in [0.2, 0.25) is 0 Å². The van der Waals surface area contributed by atoms with Crippen LogP contribution >= 0.6 is 0 Å². The van der Waals surface area contributed by atoms with Crippen molar-refractivity contribution in [3.05, 3.63) is 0 Å². The average molecular weight is 183 g/mol. The van der Waals surface area contributed by atoms with Gasteiger partial charge < -0.3 is 4.90 Å². The summed E-state index contributed by atoms with van der Waals surface area (Å²) in [5, 5.41) is 0. The Kier molecular flexibility index (Phi) is 4.79. The normalized spacial score (nSPS) is 19.2. The Labute approximate surface area is 83.5 Å². The van der Waals surface area contributed by atoms with Gasteiger partial charge in [0.05, 0.1) is 0 Å². The monoisotopic (exact) mass is 183 g/mol. The Balaban J connectivity index is 2.21. The number of hydrogen-bond acceptors (Lipinski definition) is 1. The van der Waals surface area contributed by atoms with Crippen LogP contribution in [-0.4, -0.2) is 24.5 Å². The molecule has 0 atom stereocenters. The van der Waals surface area contributed by atoms with Gasteiger partial charge in [0.1, 0.15) is 0 Å². The summed E-state index contributed by atoms with van der Waals surface area (Å²) in [4.78, 5) is 2.63. The van der Waals surface area contributed by atoms with Crippen LogP contribution in [0, 0.1) is 11.8 Å². The largest absolute Gasteiger partial charge is 0.303 e. The molecule has 0 saturated heterocycles. The third kappa shape index (κ3) is 4.12. The molecule has 78 valence electrons. The number of rotatable bonds is 5. The SMILES string of the molecule is CCN(CC(C)C)CC1CCCC1. The van der Waals surface area contributed by atoms with Gasteiger partial charge in [-0.2, -0.15) is 0 Å². The van der Waals surface area contributed by atoms with E-state index in [-0.39, 0.29) is 0 Å². The van der Waals surface area contributed by atoms with Gasteiger partial charge in [0.25, 0.3) is 0 Å². The second kappa shape index (κ2) is 5.64. The van der Waals surface area contributed by atoms with Crippen LogP contribution in [0.25, 0.3) is 0 Å². The maximum atomic E-state index is 2.63. The lowest BCUT2D eigenvalue weighted by atomic mass is 10.1. The summed E-state index contributed by atoms with van der Waals surface area (Å²) in [6.45, 7) is 10.8. The van der Waals surface area contributed by atoms with Crippen molar-refractivity contribution in [3.8, 4) is 0 Å². The smallest absolute Gasteiger partial charge is 0.000965 e. The van der Waals surface area contributed by atoms with Crippen molar-refractivity contribution in [3.63, 3.8) is 0 Å². The van der Waals surface area contributed by atoms with Gasteiger partial charge in [-0.25, -0.2) is 0 Å². The Bertz CT molecular complexity index is 125. The lowest BCUT2D eigenvalue weighted by molar-refractivity contribution is 0.219. The van der Waals surface area contributed by atoms with E-state index >= 15 is 0 Å². The van der Waals surface area contributed by atoms with Gasteiger partial charge in [0.15, 0.2) is 0 Å². The third-order valence-corrected chi connectivity index (χ3v) is 3.06. The molecule has 1 fully saturated rings. The Morgan fingerprint density at radius 2 is 1.85 bits per heavy atom. The molecule has 13 heavy (non-hydrogen) atoms. The van der Waals surface area contributed by atoms with Gasteiger partial charge in [-0.3, -0.25) is 0 Å². The Hall–Kier alpha value is -0.0400. The summed E-state index contributed by atoms with van der Waals surface area (Å²) in [5.41, 5.74) is 0. The molecule has 0 aromatic heterocycles. The van der Waals surface area contributed by atoms with Gasteiger partial charge in [0, 0.05) is 13.1 Å². The highest BCUT2D eigenvalue weighted by Gasteiger charge is 2.17. The number of hydrogen-bond donors (Lipinski definition) is 0. The molecule has 0 spiro atoms. The van der Waals surface area contributed by atoms with Crippen LogP contribution in [0.15, 0.2) is 0 Å². The minimum Gasteiger partial charge on any atom is -0.303 e. The molecule has 0 bridgehead atoms. The van der Waals surface area contributed by atoms with Crippen molar-refractivity contribution >= 4 is 0 Å². The minimum absolute atomic E-state index is 0.821. The van der Waals surface area contributed by atoms with Gasteiger partial charge >= 0.3 is 0 Å². The van der Waals surface area contributed by atoms with Crippen molar-refractivity contribution in [2.75, 3.05) is 19.6 Å². The lowest BCUT2D eigenvalue weighted by Gasteiger charge is -2.25. The fourth-order valence-electron chi connectivity index (χ4n) is 2.41. The second-order valence-corrected chi connectivity index (χ2v) is 4.90. The zero-order chi connectivity index (χ0) is 9.68. The molecule has 0 unspecified atom stereocenters. The Morgan fingerprint density at radius 1 is 1.23 bits per heavy atom. The van der Waals surface area contributed by atoms with E-state index < -0.39 is 0 Å². The van der Waals surface area contributed by atoms with E-state index in [1.54, 1.807) is 0 Å². The molecule has 1 nitrogen and oxygen atoms in total. The van der Waals surface area contributed by atoms with Crippen molar-refractivity contribution < 1.29 is 0 Å².